The minimum absolute atomic E-state index is 0.0865. The van der Waals surface area contributed by atoms with E-state index in [1.165, 1.54) is 0 Å². The summed E-state index contributed by atoms with van der Waals surface area (Å²) in [6.45, 7) is 0. The lowest BCUT2D eigenvalue weighted by molar-refractivity contribution is -0.159. The molecule has 0 spiro atoms. The van der Waals surface area contributed by atoms with E-state index in [-0.39, 0.29) is 18.1 Å². The molecule has 0 aliphatic carbocycles. The molecule has 2 N–H and O–H groups in total. The number of carboxylic acids is 1. The maximum atomic E-state index is 12.0. The molecule has 1 aromatic carbocycles. The molecule has 2 heterocycles. The van der Waals surface area contributed by atoms with Gasteiger partial charge in [-0.15, -0.1) is 0 Å². The first-order valence-electron chi connectivity index (χ1n) is 6.74. The van der Waals surface area contributed by atoms with Gasteiger partial charge in [-0.25, -0.2) is 4.79 Å². The molecule has 2 aliphatic rings. The fourth-order valence-electron chi connectivity index (χ4n) is 2.76. The van der Waals surface area contributed by atoms with Crippen molar-refractivity contribution in [2.75, 3.05) is 5.75 Å². The van der Waals surface area contributed by atoms with Gasteiger partial charge >= 0.3 is 5.97 Å². The van der Waals surface area contributed by atoms with Crippen LogP contribution in [0.2, 0.25) is 0 Å². The van der Waals surface area contributed by atoms with Crippen molar-refractivity contribution in [3.05, 3.63) is 35.9 Å². The van der Waals surface area contributed by atoms with Gasteiger partial charge < -0.3 is 15.3 Å². The van der Waals surface area contributed by atoms with E-state index in [0.717, 1.165) is 10.5 Å². The topological polar surface area (TPSA) is 104 Å². The van der Waals surface area contributed by atoms with Gasteiger partial charge in [0.2, 0.25) is 11.8 Å². The van der Waals surface area contributed by atoms with Gasteiger partial charge in [-0.1, -0.05) is 30.3 Å². The van der Waals surface area contributed by atoms with Crippen LogP contribution in [0.1, 0.15) is 5.56 Å². The van der Waals surface area contributed by atoms with Gasteiger partial charge in [-0.3, -0.25) is 13.8 Å². The molecule has 22 heavy (non-hydrogen) atoms. The van der Waals surface area contributed by atoms with Crippen LogP contribution >= 0.6 is 0 Å². The highest BCUT2D eigenvalue weighted by atomic mass is 32.2. The zero-order valence-corrected chi connectivity index (χ0v) is 12.3. The Bertz CT molecular complexity index is 662. The van der Waals surface area contributed by atoms with E-state index in [2.05, 4.69) is 5.32 Å². The third-order valence-electron chi connectivity index (χ3n) is 3.82. The number of nitrogens with one attached hydrogen (secondary N) is 1. The summed E-state index contributed by atoms with van der Waals surface area (Å²) in [5, 5.41) is 10.8. The van der Waals surface area contributed by atoms with Crippen LogP contribution in [-0.4, -0.2) is 55.2 Å². The number of nitrogens with zero attached hydrogens (tertiary/aromatic N) is 1. The molecule has 4 atom stereocenters. The molecule has 1 aromatic rings. The van der Waals surface area contributed by atoms with Crippen LogP contribution < -0.4 is 5.32 Å². The Morgan fingerprint density at radius 2 is 2.00 bits per heavy atom. The first kappa shape index (κ1) is 14.7. The smallest absolute Gasteiger partial charge is 0.327 e. The molecule has 3 unspecified atom stereocenters. The maximum absolute atomic E-state index is 12.0. The third kappa shape index (κ3) is 2.39. The maximum Gasteiger partial charge on any atom is 0.327 e. The molecule has 2 saturated heterocycles. The second-order valence-electron chi connectivity index (χ2n) is 5.25. The van der Waals surface area contributed by atoms with Crippen molar-refractivity contribution in [2.45, 2.75) is 23.9 Å². The van der Waals surface area contributed by atoms with Crippen LogP contribution in [0, 0.1) is 0 Å². The van der Waals surface area contributed by atoms with Crippen molar-refractivity contribution >= 4 is 28.6 Å². The molecule has 7 nitrogen and oxygen atoms in total. The molecular formula is C14H14N2O5S. The summed E-state index contributed by atoms with van der Waals surface area (Å²) in [4.78, 5) is 36.1. The highest BCUT2D eigenvalue weighted by Crippen LogP contribution is 2.33. The fraction of sp³-hybridized carbons (Fsp3) is 0.357. The number of amides is 2. The van der Waals surface area contributed by atoms with E-state index in [4.69, 9.17) is 5.11 Å². The van der Waals surface area contributed by atoms with Crippen molar-refractivity contribution in [2.24, 2.45) is 0 Å². The third-order valence-corrected chi connectivity index (χ3v) is 5.50. The SMILES string of the molecule is O=C(Cc1ccccc1)NC1C(=O)N2C(C(=O)O)CS(=O)[C@H]12. The summed E-state index contributed by atoms with van der Waals surface area (Å²) < 4.78 is 11.9. The number of carbonyl (C=O) groups excluding carboxylic acids is 2. The molecule has 0 bridgehead atoms. The average Bonchev–Trinajstić information content (AvgIpc) is 2.80. The normalized spacial score (nSPS) is 29.6. The second-order valence-corrected chi connectivity index (χ2v) is 6.82. The number of rotatable bonds is 4. The van der Waals surface area contributed by atoms with Crippen LogP contribution in [0.4, 0.5) is 0 Å². The number of carboxylic acid groups (broad SMARTS) is 1. The summed E-state index contributed by atoms with van der Waals surface area (Å²) >= 11 is 0. The molecule has 2 fully saturated rings. The Morgan fingerprint density at radius 1 is 1.32 bits per heavy atom. The number of aliphatic carboxylic acids is 1. The Kier molecular flexibility index (Phi) is 3.69. The Balaban J connectivity index is 1.65. The van der Waals surface area contributed by atoms with E-state index in [1.54, 1.807) is 12.1 Å². The van der Waals surface area contributed by atoms with Crippen molar-refractivity contribution in [3.8, 4) is 0 Å². The average molecular weight is 322 g/mol. The molecule has 0 saturated carbocycles. The highest BCUT2D eigenvalue weighted by molar-refractivity contribution is 7.86. The van der Waals surface area contributed by atoms with Crippen molar-refractivity contribution in [3.63, 3.8) is 0 Å². The van der Waals surface area contributed by atoms with E-state index >= 15 is 0 Å². The van der Waals surface area contributed by atoms with Crippen molar-refractivity contribution in [1.29, 1.82) is 0 Å². The molecule has 3 rings (SSSR count). The number of benzene rings is 1. The molecule has 0 aromatic heterocycles. The minimum Gasteiger partial charge on any atom is -0.480 e. The molecule has 116 valence electrons. The van der Waals surface area contributed by atoms with E-state index < -0.39 is 40.1 Å². The van der Waals surface area contributed by atoms with Crippen LogP contribution in [-0.2, 0) is 31.6 Å². The van der Waals surface area contributed by atoms with Gasteiger partial charge in [0, 0.05) is 10.8 Å². The van der Waals surface area contributed by atoms with Crippen LogP contribution in [0.25, 0.3) is 0 Å². The predicted octanol–water partition coefficient (Wildman–Crippen LogP) is -0.902. The second kappa shape index (κ2) is 5.53. The summed E-state index contributed by atoms with van der Waals surface area (Å²) in [6.07, 6.45) is 0.117. The zero-order valence-electron chi connectivity index (χ0n) is 11.5. The Hall–Kier alpha value is -2.22. The van der Waals surface area contributed by atoms with E-state index in [0.29, 0.717) is 0 Å². The van der Waals surface area contributed by atoms with Gasteiger partial charge in [-0.2, -0.15) is 0 Å². The largest absolute Gasteiger partial charge is 0.480 e. The Morgan fingerprint density at radius 3 is 2.64 bits per heavy atom. The fourth-order valence-corrected chi connectivity index (χ4v) is 4.56. The van der Waals surface area contributed by atoms with Crippen LogP contribution in [0.5, 0.6) is 0 Å². The van der Waals surface area contributed by atoms with Gasteiger partial charge in [0.1, 0.15) is 17.5 Å². The molecule has 8 heteroatoms. The van der Waals surface area contributed by atoms with Crippen molar-refractivity contribution in [1.82, 2.24) is 10.2 Å². The molecule has 2 aliphatic heterocycles. The van der Waals surface area contributed by atoms with Gasteiger partial charge in [-0.05, 0) is 5.56 Å². The first-order valence-corrected chi connectivity index (χ1v) is 8.12. The summed E-state index contributed by atoms with van der Waals surface area (Å²) in [6, 6.07) is 7.10. The van der Waals surface area contributed by atoms with Crippen LogP contribution in [0.3, 0.4) is 0 Å². The van der Waals surface area contributed by atoms with Gasteiger partial charge in [0.15, 0.2) is 0 Å². The lowest BCUT2D eigenvalue weighted by atomic mass is 10.0. The van der Waals surface area contributed by atoms with Gasteiger partial charge in [0.05, 0.1) is 12.2 Å². The van der Waals surface area contributed by atoms with E-state index in [9.17, 15) is 18.6 Å². The number of β-lactam (4-membered cyclic amide) rings is 1. The molecular weight excluding hydrogens is 308 g/mol. The lowest BCUT2D eigenvalue weighted by Crippen LogP contribution is -2.71. The number of hydrogen-bond acceptors (Lipinski definition) is 4. The standard InChI is InChI=1S/C14H14N2O5S/c17-10(6-8-4-2-1-3-5-8)15-11-12(18)16-9(14(19)20)7-22(21)13(11)16/h1-5,9,11,13H,6-7H2,(H,15,17)(H,19,20)/t9?,11?,13-,22?/m1/s1. The summed E-state index contributed by atoms with van der Waals surface area (Å²) in [7, 11) is -1.47. The minimum atomic E-state index is -1.47. The van der Waals surface area contributed by atoms with Crippen molar-refractivity contribution < 1.29 is 23.7 Å². The number of fused-ring (bicyclic) bond motifs is 1. The number of carbonyl (C=O) groups is 3. The quantitative estimate of drug-likeness (QED) is 0.699. The van der Waals surface area contributed by atoms with E-state index in [1.807, 2.05) is 18.2 Å². The Labute approximate surface area is 128 Å². The van der Waals surface area contributed by atoms with Crippen LogP contribution in [0.15, 0.2) is 30.3 Å². The molecule has 0 radical (unpaired) electrons. The summed E-state index contributed by atoms with van der Waals surface area (Å²) in [5.74, 6) is -2.08. The highest BCUT2D eigenvalue weighted by Gasteiger charge is 2.60. The number of hydrogen-bond donors (Lipinski definition) is 2. The summed E-state index contributed by atoms with van der Waals surface area (Å²) in [5.41, 5.74) is 0.805. The molecule has 2 amide bonds. The zero-order chi connectivity index (χ0) is 15.9. The van der Waals surface area contributed by atoms with Gasteiger partial charge in [0.25, 0.3) is 0 Å². The monoisotopic (exact) mass is 322 g/mol. The predicted molar refractivity (Wildman–Crippen MR) is 77.1 cm³/mol. The lowest BCUT2D eigenvalue weighted by Gasteiger charge is -2.42. The first-order chi connectivity index (χ1) is 10.5.